The van der Waals surface area contributed by atoms with E-state index in [1.807, 2.05) is 0 Å². The van der Waals surface area contributed by atoms with Gasteiger partial charge >= 0.3 is 0 Å². The smallest absolute Gasteiger partial charge is 0.0284 e. The molecule has 16 heavy (non-hydrogen) atoms. The van der Waals surface area contributed by atoms with Crippen molar-refractivity contribution in [1.29, 1.82) is 0 Å². The van der Waals surface area contributed by atoms with Crippen molar-refractivity contribution >= 4 is 5.57 Å². The lowest BCUT2D eigenvalue weighted by Gasteiger charge is -2.30. The van der Waals surface area contributed by atoms with E-state index in [-0.39, 0.29) is 0 Å². The van der Waals surface area contributed by atoms with E-state index in [2.05, 4.69) is 49.2 Å². The molecule has 1 nitrogen and oxygen atoms in total. The summed E-state index contributed by atoms with van der Waals surface area (Å²) in [6.45, 7) is 2.15. The van der Waals surface area contributed by atoms with Gasteiger partial charge in [0, 0.05) is 12.1 Å². The number of hydrogen-bond donors (Lipinski definition) is 0. The van der Waals surface area contributed by atoms with Crippen LogP contribution in [0, 0.1) is 6.92 Å². The standard InChI is InChI=1S/C15H19N/c1-11-3-5-12(6-4-11)13-9-14-7-8-15(10-13)16(14)2/h3-6,9,14-15H,7-8,10H2,1-2H3/t14-,15+/m1/s1. The molecule has 0 spiro atoms. The lowest BCUT2D eigenvalue weighted by Crippen LogP contribution is -2.34. The van der Waals surface area contributed by atoms with Gasteiger partial charge in [0.15, 0.2) is 0 Å². The summed E-state index contributed by atoms with van der Waals surface area (Å²) in [5.41, 5.74) is 4.33. The predicted octanol–water partition coefficient (Wildman–Crippen LogP) is 3.24. The van der Waals surface area contributed by atoms with Crippen molar-refractivity contribution in [2.75, 3.05) is 7.05 Å². The fraction of sp³-hybridized carbons (Fsp3) is 0.467. The molecular weight excluding hydrogens is 194 g/mol. The van der Waals surface area contributed by atoms with Crippen molar-refractivity contribution in [3.05, 3.63) is 41.5 Å². The number of aryl methyl sites for hydroxylation is 1. The molecule has 84 valence electrons. The lowest BCUT2D eigenvalue weighted by atomic mass is 9.94. The zero-order valence-electron chi connectivity index (χ0n) is 10.1. The van der Waals surface area contributed by atoms with Crippen LogP contribution in [0.5, 0.6) is 0 Å². The molecule has 0 radical (unpaired) electrons. The molecule has 2 atom stereocenters. The second-order valence-corrected chi connectivity index (χ2v) is 5.23. The topological polar surface area (TPSA) is 3.24 Å². The minimum atomic E-state index is 0.690. The van der Waals surface area contributed by atoms with Gasteiger partial charge in [0.05, 0.1) is 0 Å². The highest BCUT2D eigenvalue weighted by atomic mass is 15.2. The summed E-state index contributed by atoms with van der Waals surface area (Å²) >= 11 is 0. The Morgan fingerprint density at radius 3 is 2.56 bits per heavy atom. The molecule has 2 bridgehead atoms. The molecule has 0 aliphatic carbocycles. The molecule has 2 heterocycles. The average molecular weight is 213 g/mol. The van der Waals surface area contributed by atoms with E-state index in [9.17, 15) is 0 Å². The third-order valence-corrected chi connectivity index (χ3v) is 4.17. The van der Waals surface area contributed by atoms with Gasteiger partial charge in [-0.05, 0) is 44.4 Å². The number of hydrogen-bond acceptors (Lipinski definition) is 1. The average Bonchev–Trinajstić information content (AvgIpc) is 2.54. The van der Waals surface area contributed by atoms with Crippen LogP contribution in [0.25, 0.3) is 5.57 Å². The summed E-state index contributed by atoms with van der Waals surface area (Å²) in [6, 6.07) is 10.5. The Bertz CT molecular complexity index is 416. The fourth-order valence-corrected chi connectivity index (χ4v) is 3.02. The van der Waals surface area contributed by atoms with E-state index < -0.39 is 0 Å². The number of nitrogens with zero attached hydrogens (tertiary/aromatic N) is 1. The van der Waals surface area contributed by atoms with Crippen molar-refractivity contribution in [2.24, 2.45) is 0 Å². The van der Waals surface area contributed by atoms with Crippen molar-refractivity contribution in [3.8, 4) is 0 Å². The van der Waals surface area contributed by atoms with Crippen LogP contribution >= 0.6 is 0 Å². The van der Waals surface area contributed by atoms with Crippen molar-refractivity contribution < 1.29 is 0 Å². The van der Waals surface area contributed by atoms with Crippen LogP contribution in [-0.2, 0) is 0 Å². The van der Waals surface area contributed by atoms with Crippen molar-refractivity contribution in [3.63, 3.8) is 0 Å². The predicted molar refractivity (Wildman–Crippen MR) is 68.3 cm³/mol. The van der Waals surface area contributed by atoms with Crippen molar-refractivity contribution in [2.45, 2.75) is 38.3 Å². The Morgan fingerprint density at radius 2 is 1.88 bits per heavy atom. The minimum Gasteiger partial charge on any atom is -0.297 e. The van der Waals surface area contributed by atoms with E-state index in [0.717, 1.165) is 6.04 Å². The molecule has 2 aliphatic rings. The Morgan fingerprint density at radius 1 is 1.12 bits per heavy atom. The number of benzene rings is 1. The molecule has 0 aromatic heterocycles. The monoisotopic (exact) mass is 213 g/mol. The van der Waals surface area contributed by atoms with Gasteiger partial charge in [0.25, 0.3) is 0 Å². The summed E-state index contributed by atoms with van der Waals surface area (Å²) in [5, 5.41) is 0. The van der Waals surface area contributed by atoms with E-state index in [1.165, 1.54) is 30.4 Å². The third kappa shape index (κ3) is 1.60. The molecule has 1 aromatic carbocycles. The molecule has 3 rings (SSSR count). The fourth-order valence-electron chi connectivity index (χ4n) is 3.02. The number of likely N-dealkylation sites (N-methyl/N-ethyl adjacent to an activating group) is 1. The van der Waals surface area contributed by atoms with Crippen LogP contribution in [0.1, 0.15) is 30.4 Å². The minimum absolute atomic E-state index is 0.690. The summed E-state index contributed by atoms with van der Waals surface area (Å²) < 4.78 is 0. The number of fused-ring (bicyclic) bond motifs is 2. The van der Waals surface area contributed by atoms with Crippen LogP contribution in [0.3, 0.4) is 0 Å². The first-order valence-corrected chi connectivity index (χ1v) is 6.24. The highest BCUT2D eigenvalue weighted by Gasteiger charge is 2.33. The zero-order valence-corrected chi connectivity index (χ0v) is 10.1. The maximum absolute atomic E-state index is 2.54. The van der Waals surface area contributed by atoms with Crippen LogP contribution in [0.15, 0.2) is 30.3 Å². The first-order valence-electron chi connectivity index (χ1n) is 6.24. The lowest BCUT2D eigenvalue weighted by molar-refractivity contribution is 0.264. The third-order valence-electron chi connectivity index (χ3n) is 4.17. The van der Waals surface area contributed by atoms with Gasteiger partial charge in [-0.1, -0.05) is 35.9 Å². The first kappa shape index (κ1) is 10.1. The molecular formula is C15H19N. The van der Waals surface area contributed by atoms with Crippen LogP contribution < -0.4 is 0 Å². The maximum Gasteiger partial charge on any atom is 0.0284 e. The normalized spacial score (nSPS) is 29.2. The summed E-state index contributed by atoms with van der Waals surface area (Å²) in [5.74, 6) is 0. The molecule has 0 unspecified atom stereocenters. The zero-order chi connectivity index (χ0) is 11.1. The Kier molecular flexibility index (Phi) is 2.36. The van der Waals surface area contributed by atoms with Gasteiger partial charge in [-0.15, -0.1) is 0 Å². The van der Waals surface area contributed by atoms with Gasteiger partial charge in [-0.25, -0.2) is 0 Å². The van der Waals surface area contributed by atoms with Gasteiger partial charge in [-0.3, -0.25) is 4.90 Å². The second kappa shape index (κ2) is 3.74. The largest absolute Gasteiger partial charge is 0.297 e. The van der Waals surface area contributed by atoms with Crippen LogP contribution in [0.4, 0.5) is 0 Å². The van der Waals surface area contributed by atoms with Gasteiger partial charge in [0.2, 0.25) is 0 Å². The Hall–Kier alpha value is -1.08. The molecule has 0 amide bonds. The molecule has 1 fully saturated rings. The van der Waals surface area contributed by atoms with Crippen LogP contribution in [0.2, 0.25) is 0 Å². The van der Waals surface area contributed by atoms with Crippen molar-refractivity contribution in [1.82, 2.24) is 4.90 Å². The van der Waals surface area contributed by atoms with Crippen LogP contribution in [-0.4, -0.2) is 24.0 Å². The molecule has 1 heteroatoms. The SMILES string of the molecule is Cc1ccc(C2=C[C@H]3CC[C@@H](C2)N3C)cc1. The Labute approximate surface area is 97.8 Å². The molecule has 0 N–H and O–H groups in total. The van der Waals surface area contributed by atoms with E-state index in [1.54, 1.807) is 5.57 Å². The summed E-state index contributed by atoms with van der Waals surface area (Å²) in [7, 11) is 2.27. The van der Waals surface area contributed by atoms with Gasteiger partial charge < -0.3 is 0 Å². The number of rotatable bonds is 1. The van der Waals surface area contributed by atoms with E-state index in [4.69, 9.17) is 0 Å². The second-order valence-electron chi connectivity index (χ2n) is 5.23. The summed E-state index contributed by atoms with van der Waals surface area (Å²) in [6.07, 6.45) is 6.42. The maximum atomic E-state index is 2.54. The molecule has 1 aromatic rings. The van der Waals surface area contributed by atoms with Gasteiger partial charge in [-0.2, -0.15) is 0 Å². The Balaban J connectivity index is 1.92. The highest BCUT2D eigenvalue weighted by Crippen LogP contribution is 2.37. The first-order chi connectivity index (χ1) is 7.74. The van der Waals surface area contributed by atoms with E-state index in [0.29, 0.717) is 6.04 Å². The summed E-state index contributed by atoms with van der Waals surface area (Å²) in [4.78, 5) is 2.54. The molecule has 2 aliphatic heterocycles. The highest BCUT2D eigenvalue weighted by molar-refractivity contribution is 5.68. The molecule has 1 saturated heterocycles. The quantitative estimate of drug-likeness (QED) is 0.692. The van der Waals surface area contributed by atoms with E-state index >= 15 is 0 Å². The molecule has 0 saturated carbocycles. The van der Waals surface area contributed by atoms with Gasteiger partial charge in [0.1, 0.15) is 0 Å².